The minimum absolute atomic E-state index is 0.274. The van der Waals surface area contributed by atoms with Gasteiger partial charge >= 0.3 is 0 Å². The number of aliphatic hydroxyl groups is 1. The second-order valence-corrected chi connectivity index (χ2v) is 5.70. The molecule has 0 amide bonds. The normalized spacial score (nSPS) is 17.9. The molecule has 19 heavy (non-hydrogen) atoms. The Kier molecular flexibility index (Phi) is 4.97. The van der Waals surface area contributed by atoms with Gasteiger partial charge in [0.15, 0.2) is 0 Å². The molecular formula is C16H26N2O. The molecule has 1 heterocycles. The summed E-state index contributed by atoms with van der Waals surface area (Å²) in [6.07, 6.45) is 0. The molecule has 1 aliphatic rings. The van der Waals surface area contributed by atoms with Gasteiger partial charge in [0.1, 0.15) is 0 Å². The Morgan fingerprint density at radius 3 is 2.11 bits per heavy atom. The molecule has 0 spiro atoms. The van der Waals surface area contributed by atoms with Crippen molar-refractivity contribution in [3.63, 3.8) is 0 Å². The predicted octanol–water partition coefficient (Wildman–Crippen LogP) is 1.72. The van der Waals surface area contributed by atoms with Crippen LogP contribution in [0.1, 0.15) is 22.3 Å². The Bertz CT molecular complexity index is 423. The number of nitrogens with zero attached hydrogens (tertiary/aromatic N) is 2. The third-order valence-electron chi connectivity index (χ3n) is 4.23. The molecule has 1 aromatic carbocycles. The zero-order valence-electron chi connectivity index (χ0n) is 12.4. The smallest absolute Gasteiger partial charge is 0.0558 e. The molecule has 0 saturated carbocycles. The lowest BCUT2D eigenvalue weighted by Crippen LogP contribution is -2.46. The molecule has 1 aliphatic heterocycles. The number of piperazine rings is 1. The van der Waals surface area contributed by atoms with Crippen LogP contribution >= 0.6 is 0 Å². The quantitative estimate of drug-likeness (QED) is 0.895. The van der Waals surface area contributed by atoms with Crippen LogP contribution in [0, 0.1) is 20.8 Å². The molecule has 2 rings (SSSR count). The summed E-state index contributed by atoms with van der Waals surface area (Å²) in [5.41, 5.74) is 5.63. The summed E-state index contributed by atoms with van der Waals surface area (Å²) < 4.78 is 0. The topological polar surface area (TPSA) is 26.7 Å². The lowest BCUT2D eigenvalue weighted by atomic mass is 10.0. The maximum atomic E-state index is 8.96. The Morgan fingerprint density at radius 1 is 0.895 bits per heavy atom. The van der Waals surface area contributed by atoms with Crippen LogP contribution in [0.15, 0.2) is 12.1 Å². The molecule has 0 bridgehead atoms. The summed E-state index contributed by atoms with van der Waals surface area (Å²) in [6.45, 7) is 13.1. The number of aryl methyl sites for hydroxylation is 3. The minimum atomic E-state index is 0.274. The highest BCUT2D eigenvalue weighted by Crippen LogP contribution is 2.17. The van der Waals surface area contributed by atoms with Gasteiger partial charge < -0.3 is 5.11 Å². The lowest BCUT2D eigenvalue weighted by Gasteiger charge is -2.34. The fourth-order valence-electron chi connectivity index (χ4n) is 2.74. The Hall–Kier alpha value is -0.900. The van der Waals surface area contributed by atoms with E-state index in [2.05, 4.69) is 42.7 Å². The molecule has 0 atom stereocenters. The summed E-state index contributed by atoms with van der Waals surface area (Å²) in [4.78, 5) is 4.86. The van der Waals surface area contributed by atoms with Crippen LogP contribution in [0.5, 0.6) is 0 Å². The molecule has 0 unspecified atom stereocenters. The van der Waals surface area contributed by atoms with E-state index in [1.54, 1.807) is 0 Å². The molecule has 1 saturated heterocycles. The number of rotatable bonds is 4. The average molecular weight is 262 g/mol. The van der Waals surface area contributed by atoms with E-state index >= 15 is 0 Å². The van der Waals surface area contributed by atoms with Gasteiger partial charge in [0.25, 0.3) is 0 Å². The number of β-amino-alcohol motifs (C(OH)–C–C–N with tert-alkyl or cyclic N) is 1. The van der Waals surface area contributed by atoms with Crippen molar-refractivity contribution in [2.75, 3.05) is 39.3 Å². The third-order valence-corrected chi connectivity index (χ3v) is 4.23. The Morgan fingerprint density at radius 2 is 1.47 bits per heavy atom. The highest BCUT2D eigenvalue weighted by Gasteiger charge is 2.17. The van der Waals surface area contributed by atoms with Gasteiger partial charge in [0.2, 0.25) is 0 Å². The summed E-state index contributed by atoms with van der Waals surface area (Å²) in [7, 11) is 0. The van der Waals surface area contributed by atoms with Crippen LogP contribution in [-0.2, 0) is 6.54 Å². The van der Waals surface area contributed by atoms with Gasteiger partial charge in [0.05, 0.1) is 6.61 Å². The SMILES string of the molecule is Cc1cc(C)c(CN2CCN(CCO)CC2)cc1C. The van der Waals surface area contributed by atoms with Gasteiger partial charge in [-0.3, -0.25) is 9.80 Å². The summed E-state index contributed by atoms with van der Waals surface area (Å²) in [5, 5.41) is 8.96. The molecule has 1 N–H and O–H groups in total. The van der Waals surface area contributed by atoms with Gasteiger partial charge in [-0.25, -0.2) is 0 Å². The Labute approximate surface area is 116 Å². The van der Waals surface area contributed by atoms with Gasteiger partial charge in [-0.2, -0.15) is 0 Å². The minimum Gasteiger partial charge on any atom is -0.395 e. The van der Waals surface area contributed by atoms with Gasteiger partial charge in [0, 0.05) is 39.3 Å². The van der Waals surface area contributed by atoms with E-state index in [1.807, 2.05) is 0 Å². The van der Waals surface area contributed by atoms with Crippen LogP contribution in [0.3, 0.4) is 0 Å². The number of hydrogen-bond donors (Lipinski definition) is 1. The first kappa shape index (κ1) is 14.5. The van der Waals surface area contributed by atoms with Gasteiger partial charge in [-0.15, -0.1) is 0 Å². The second kappa shape index (κ2) is 6.51. The van der Waals surface area contributed by atoms with Crippen molar-refractivity contribution in [1.29, 1.82) is 0 Å². The van der Waals surface area contributed by atoms with Crippen molar-refractivity contribution < 1.29 is 5.11 Å². The fraction of sp³-hybridized carbons (Fsp3) is 0.625. The standard InChI is InChI=1S/C16H26N2O/c1-13-10-15(3)16(11-14(13)2)12-18-6-4-17(5-7-18)8-9-19/h10-11,19H,4-9,12H2,1-3H3. The van der Waals surface area contributed by atoms with Crippen LogP contribution < -0.4 is 0 Å². The van der Waals surface area contributed by atoms with Crippen LogP contribution in [-0.4, -0.2) is 54.2 Å². The number of aliphatic hydroxyl groups excluding tert-OH is 1. The number of hydrogen-bond acceptors (Lipinski definition) is 3. The average Bonchev–Trinajstić information content (AvgIpc) is 2.38. The van der Waals surface area contributed by atoms with E-state index in [-0.39, 0.29) is 6.61 Å². The van der Waals surface area contributed by atoms with Crippen molar-refractivity contribution in [2.24, 2.45) is 0 Å². The monoisotopic (exact) mass is 262 g/mol. The van der Waals surface area contributed by atoms with Crippen molar-refractivity contribution in [1.82, 2.24) is 9.80 Å². The van der Waals surface area contributed by atoms with E-state index in [4.69, 9.17) is 5.11 Å². The Balaban J connectivity index is 1.94. The van der Waals surface area contributed by atoms with E-state index in [0.717, 1.165) is 39.3 Å². The van der Waals surface area contributed by atoms with E-state index < -0.39 is 0 Å². The van der Waals surface area contributed by atoms with E-state index in [1.165, 1.54) is 22.3 Å². The first-order valence-electron chi connectivity index (χ1n) is 7.22. The summed E-state index contributed by atoms with van der Waals surface area (Å²) in [5.74, 6) is 0. The molecule has 106 valence electrons. The highest BCUT2D eigenvalue weighted by molar-refractivity contribution is 5.36. The zero-order valence-corrected chi connectivity index (χ0v) is 12.4. The zero-order chi connectivity index (χ0) is 13.8. The van der Waals surface area contributed by atoms with Crippen molar-refractivity contribution in [3.05, 3.63) is 34.4 Å². The molecule has 1 aromatic rings. The van der Waals surface area contributed by atoms with Crippen molar-refractivity contribution in [2.45, 2.75) is 27.3 Å². The highest BCUT2D eigenvalue weighted by atomic mass is 16.3. The lowest BCUT2D eigenvalue weighted by molar-refractivity contribution is 0.108. The van der Waals surface area contributed by atoms with E-state index in [0.29, 0.717) is 0 Å². The van der Waals surface area contributed by atoms with Crippen molar-refractivity contribution in [3.8, 4) is 0 Å². The molecule has 1 fully saturated rings. The molecular weight excluding hydrogens is 236 g/mol. The largest absolute Gasteiger partial charge is 0.395 e. The third kappa shape index (κ3) is 3.78. The van der Waals surface area contributed by atoms with E-state index in [9.17, 15) is 0 Å². The summed E-state index contributed by atoms with van der Waals surface area (Å²) in [6, 6.07) is 4.64. The molecule has 0 aromatic heterocycles. The second-order valence-electron chi connectivity index (χ2n) is 5.70. The maximum absolute atomic E-state index is 8.96. The number of benzene rings is 1. The first-order chi connectivity index (χ1) is 9.10. The molecule has 3 heteroatoms. The van der Waals surface area contributed by atoms with Gasteiger partial charge in [-0.1, -0.05) is 12.1 Å². The van der Waals surface area contributed by atoms with Gasteiger partial charge in [-0.05, 0) is 43.0 Å². The predicted molar refractivity (Wildman–Crippen MR) is 79.5 cm³/mol. The molecule has 0 aliphatic carbocycles. The summed E-state index contributed by atoms with van der Waals surface area (Å²) >= 11 is 0. The van der Waals surface area contributed by atoms with Crippen LogP contribution in [0.2, 0.25) is 0 Å². The van der Waals surface area contributed by atoms with Crippen LogP contribution in [0.25, 0.3) is 0 Å². The molecule has 0 radical (unpaired) electrons. The first-order valence-corrected chi connectivity index (χ1v) is 7.22. The molecule has 3 nitrogen and oxygen atoms in total. The maximum Gasteiger partial charge on any atom is 0.0558 e. The fourth-order valence-corrected chi connectivity index (χ4v) is 2.74. The van der Waals surface area contributed by atoms with Crippen molar-refractivity contribution >= 4 is 0 Å². The van der Waals surface area contributed by atoms with Crippen LogP contribution in [0.4, 0.5) is 0 Å².